The van der Waals surface area contributed by atoms with Gasteiger partial charge in [-0.1, -0.05) is 19.1 Å². The van der Waals surface area contributed by atoms with E-state index in [-0.39, 0.29) is 41.7 Å². The number of rotatable bonds is 9. The van der Waals surface area contributed by atoms with Crippen LogP contribution in [0.3, 0.4) is 0 Å². The number of phenolic OH excluding ortho intramolecular Hbond substituents is 1. The van der Waals surface area contributed by atoms with Crippen LogP contribution in [0.15, 0.2) is 36.4 Å². The second-order valence-corrected chi connectivity index (χ2v) is 12.5. The fourth-order valence-electron chi connectivity index (χ4n) is 8.25. The second kappa shape index (κ2) is 11.2. The topological polar surface area (TPSA) is 59.0 Å². The fraction of sp³-hybridized carbons (Fsp3) is 0.606. The van der Waals surface area contributed by atoms with Crippen LogP contribution in [-0.2, 0) is 17.6 Å². The van der Waals surface area contributed by atoms with Crippen LogP contribution >= 0.6 is 0 Å². The number of phenols is 1. The van der Waals surface area contributed by atoms with Crippen LogP contribution in [0, 0.1) is 23.2 Å². The Labute approximate surface area is 236 Å². The SMILES string of the molecule is COc1ccc(CCN(C)C(=O)CCC[C@H]2CC(F)(F)[C@@]3(C)CCC4c5ccc(O)cc5CCC4C23)cc1OC. The van der Waals surface area contributed by atoms with E-state index in [0.29, 0.717) is 50.1 Å². The number of hydrogen-bond donors (Lipinski definition) is 1. The molecular formula is C33H43F2NO4. The third-order valence-electron chi connectivity index (χ3n) is 10.4. The Morgan fingerprint density at radius 2 is 1.88 bits per heavy atom. The third kappa shape index (κ3) is 5.16. The minimum absolute atomic E-state index is 0.0407. The molecule has 2 aromatic carbocycles. The van der Waals surface area contributed by atoms with Crippen LogP contribution in [0.25, 0.3) is 0 Å². The van der Waals surface area contributed by atoms with Gasteiger partial charge in [0.05, 0.1) is 14.2 Å². The van der Waals surface area contributed by atoms with Gasteiger partial charge in [-0.15, -0.1) is 0 Å². The van der Waals surface area contributed by atoms with Crippen molar-refractivity contribution in [3.63, 3.8) is 0 Å². The molecule has 218 valence electrons. The number of fused-ring (bicyclic) bond motifs is 5. The molecule has 2 fully saturated rings. The van der Waals surface area contributed by atoms with E-state index in [2.05, 4.69) is 0 Å². The summed E-state index contributed by atoms with van der Waals surface area (Å²) in [5.41, 5.74) is 2.50. The standard InChI is InChI=1S/C33H43F2NO4/c1-32-16-14-26-25-12-10-24(37)19-22(25)9-11-27(26)31(32)23(20-33(32,34)35)6-5-7-30(38)36(2)17-15-21-8-13-28(39-3)29(18-21)40-4/h8,10,12-13,18-19,23,26-27,31,37H,5-7,9,11,14-17,20H2,1-4H3/t23-,26?,27?,31?,32-/m0/s1. The molecule has 0 heterocycles. The molecule has 0 radical (unpaired) electrons. The van der Waals surface area contributed by atoms with E-state index in [9.17, 15) is 9.90 Å². The molecule has 2 aromatic rings. The number of benzene rings is 2. The number of carbonyl (C=O) groups is 1. The van der Waals surface area contributed by atoms with E-state index in [1.807, 2.05) is 44.3 Å². The average Bonchev–Trinajstić information content (AvgIpc) is 3.15. The fourth-order valence-corrected chi connectivity index (χ4v) is 8.25. The Hall–Kier alpha value is -2.83. The molecule has 1 N–H and O–H groups in total. The summed E-state index contributed by atoms with van der Waals surface area (Å²) in [4.78, 5) is 14.7. The van der Waals surface area contributed by atoms with Gasteiger partial charge in [-0.25, -0.2) is 8.78 Å². The molecule has 5 rings (SSSR count). The van der Waals surface area contributed by atoms with Crippen LogP contribution in [0.2, 0.25) is 0 Å². The van der Waals surface area contributed by atoms with Gasteiger partial charge in [0.1, 0.15) is 5.75 Å². The van der Waals surface area contributed by atoms with Crippen LogP contribution in [0.4, 0.5) is 8.78 Å². The predicted molar refractivity (Wildman–Crippen MR) is 151 cm³/mol. The lowest BCUT2D eigenvalue weighted by Gasteiger charge is -2.51. The molecule has 0 bridgehead atoms. The van der Waals surface area contributed by atoms with E-state index in [1.165, 1.54) is 11.1 Å². The zero-order valence-corrected chi connectivity index (χ0v) is 24.2. The number of halogens is 2. The van der Waals surface area contributed by atoms with Gasteiger partial charge in [0.15, 0.2) is 11.5 Å². The van der Waals surface area contributed by atoms with Crippen molar-refractivity contribution in [3.8, 4) is 17.2 Å². The quantitative estimate of drug-likeness (QED) is 0.362. The number of aromatic hydroxyl groups is 1. The molecule has 3 aliphatic carbocycles. The van der Waals surface area contributed by atoms with Gasteiger partial charge in [-0.05, 0) is 110 Å². The van der Waals surface area contributed by atoms with Gasteiger partial charge in [-0.2, -0.15) is 0 Å². The lowest BCUT2D eigenvalue weighted by atomic mass is 9.53. The van der Waals surface area contributed by atoms with Crippen molar-refractivity contribution in [2.24, 2.45) is 23.2 Å². The van der Waals surface area contributed by atoms with E-state index in [4.69, 9.17) is 9.47 Å². The first kappa shape index (κ1) is 28.7. The molecule has 3 unspecified atom stereocenters. The molecule has 5 nitrogen and oxygen atoms in total. The number of likely N-dealkylation sites (N-methyl/N-ethyl adjacent to an activating group) is 1. The minimum Gasteiger partial charge on any atom is -0.508 e. The van der Waals surface area contributed by atoms with Crippen LogP contribution < -0.4 is 9.47 Å². The van der Waals surface area contributed by atoms with Crippen LogP contribution in [0.1, 0.15) is 74.5 Å². The van der Waals surface area contributed by atoms with Gasteiger partial charge in [0, 0.05) is 31.8 Å². The number of alkyl halides is 2. The van der Waals surface area contributed by atoms with Crippen molar-refractivity contribution in [1.29, 1.82) is 0 Å². The third-order valence-corrected chi connectivity index (χ3v) is 10.4. The van der Waals surface area contributed by atoms with Gasteiger partial charge in [0.2, 0.25) is 5.91 Å². The van der Waals surface area contributed by atoms with Crippen molar-refractivity contribution in [1.82, 2.24) is 4.90 Å². The Morgan fingerprint density at radius 1 is 1.10 bits per heavy atom. The molecular weight excluding hydrogens is 512 g/mol. The van der Waals surface area contributed by atoms with Gasteiger partial charge < -0.3 is 19.5 Å². The monoisotopic (exact) mass is 555 g/mol. The molecule has 1 amide bonds. The molecule has 2 saturated carbocycles. The van der Waals surface area contributed by atoms with E-state index >= 15 is 8.78 Å². The highest BCUT2D eigenvalue weighted by molar-refractivity contribution is 5.75. The van der Waals surface area contributed by atoms with Crippen LogP contribution in [-0.4, -0.2) is 49.6 Å². The van der Waals surface area contributed by atoms with Gasteiger partial charge >= 0.3 is 0 Å². The summed E-state index contributed by atoms with van der Waals surface area (Å²) in [6, 6.07) is 11.4. The number of nitrogens with zero attached hydrogens (tertiary/aromatic N) is 1. The number of methoxy groups -OCH3 is 2. The highest BCUT2D eigenvalue weighted by Crippen LogP contribution is 2.68. The molecule has 0 spiro atoms. The number of amides is 1. The Bertz CT molecular complexity index is 1230. The number of ether oxygens (including phenoxy) is 2. The first-order chi connectivity index (χ1) is 19.1. The normalized spacial score (nSPS) is 28.2. The maximum Gasteiger partial charge on any atom is 0.253 e. The average molecular weight is 556 g/mol. The first-order valence-electron chi connectivity index (χ1n) is 14.7. The van der Waals surface area contributed by atoms with Gasteiger partial charge in [-0.3, -0.25) is 4.79 Å². The van der Waals surface area contributed by atoms with Crippen molar-refractivity contribution < 1.29 is 28.2 Å². The van der Waals surface area contributed by atoms with Crippen molar-refractivity contribution in [3.05, 3.63) is 53.1 Å². The maximum absolute atomic E-state index is 15.6. The lowest BCUT2D eigenvalue weighted by molar-refractivity contribution is -0.133. The highest BCUT2D eigenvalue weighted by atomic mass is 19.3. The summed E-state index contributed by atoms with van der Waals surface area (Å²) in [5, 5.41) is 9.96. The zero-order chi connectivity index (χ0) is 28.7. The lowest BCUT2D eigenvalue weighted by Crippen LogP contribution is -2.47. The Balaban J connectivity index is 1.20. The molecule has 7 heteroatoms. The van der Waals surface area contributed by atoms with E-state index in [0.717, 1.165) is 24.8 Å². The predicted octanol–water partition coefficient (Wildman–Crippen LogP) is 7.00. The summed E-state index contributed by atoms with van der Waals surface area (Å²) in [6.45, 7) is 2.41. The highest BCUT2D eigenvalue weighted by Gasteiger charge is 2.67. The van der Waals surface area contributed by atoms with E-state index < -0.39 is 11.3 Å². The second-order valence-electron chi connectivity index (χ2n) is 12.5. The molecule has 0 aliphatic heterocycles. The summed E-state index contributed by atoms with van der Waals surface area (Å²) >= 11 is 0. The summed E-state index contributed by atoms with van der Waals surface area (Å²) in [5.74, 6) is -0.607. The zero-order valence-electron chi connectivity index (χ0n) is 24.2. The van der Waals surface area contributed by atoms with Crippen molar-refractivity contribution >= 4 is 5.91 Å². The molecule has 5 atom stereocenters. The number of aryl methyl sites for hydroxylation is 1. The largest absolute Gasteiger partial charge is 0.508 e. The smallest absolute Gasteiger partial charge is 0.253 e. The van der Waals surface area contributed by atoms with Gasteiger partial charge in [0.25, 0.3) is 5.92 Å². The number of carbonyl (C=O) groups excluding carboxylic acids is 1. The molecule has 3 aliphatic rings. The Kier molecular flexibility index (Phi) is 8.04. The molecule has 0 saturated heterocycles. The Morgan fingerprint density at radius 3 is 2.62 bits per heavy atom. The number of hydrogen-bond acceptors (Lipinski definition) is 4. The van der Waals surface area contributed by atoms with Crippen molar-refractivity contribution in [2.75, 3.05) is 27.8 Å². The maximum atomic E-state index is 15.6. The molecule has 0 aromatic heterocycles. The minimum atomic E-state index is -2.68. The van der Waals surface area contributed by atoms with Crippen LogP contribution in [0.5, 0.6) is 17.2 Å². The van der Waals surface area contributed by atoms with Crippen molar-refractivity contribution in [2.45, 2.75) is 76.6 Å². The molecule has 40 heavy (non-hydrogen) atoms. The summed E-state index contributed by atoms with van der Waals surface area (Å²) in [7, 11) is 5.02. The summed E-state index contributed by atoms with van der Waals surface area (Å²) in [6.07, 6.45) is 5.34. The van der Waals surface area contributed by atoms with E-state index in [1.54, 1.807) is 25.2 Å². The first-order valence-corrected chi connectivity index (χ1v) is 14.7. The summed E-state index contributed by atoms with van der Waals surface area (Å²) < 4.78 is 41.8.